The molecule has 0 unspecified atom stereocenters. The van der Waals surface area contributed by atoms with Gasteiger partial charge >= 0.3 is 0 Å². The van der Waals surface area contributed by atoms with Crippen molar-refractivity contribution in [3.63, 3.8) is 0 Å². The van der Waals surface area contributed by atoms with Crippen molar-refractivity contribution >= 4 is 33.4 Å². The van der Waals surface area contributed by atoms with Crippen molar-refractivity contribution < 1.29 is 14.3 Å². The van der Waals surface area contributed by atoms with Gasteiger partial charge < -0.3 is 15.0 Å². The second-order valence-corrected chi connectivity index (χ2v) is 8.42. The zero-order valence-corrected chi connectivity index (χ0v) is 18.5. The monoisotopic (exact) mass is 478 g/mol. The third-order valence-corrected chi connectivity index (χ3v) is 5.87. The van der Waals surface area contributed by atoms with Gasteiger partial charge in [-0.25, -0.2) is 0 Å². The summed E-state index contributed by atoms with van der Waals surface area (Å²) < 4.78 is 6.72. The van der Waals surface area contributed by atoms with E-state index in [4.69, 9.17) is 4.74 Å². The first kappa shape index (κ1) is 21.1. The minimum absolute atomic E-state index is 0.00697. The van der Waals surface area contributed by atoms with Crippen LogP contribution in [0, 0.1) is 5.92 Å². The molecule has 0 aromatic heterocycles. The number of para-hydroxylation sites is 1. The van der Waals surface area contributed by atoms with Gasteiger partial charge in [0.25, 0.3) is 5.91 Å². The fraction of sp³-hybridized carbons (Fsp3) is 0.200. The van der Waals surface area contributed by atoms with E-state index in [0.29, 0.717) is 37.2 Å². The minimum Gasteiger partial charge on any atom is -0.457 e. The Kier molecular flexibility index (Phi) is 6.67. The van der Waals surface area contributed by atoms with E-state index in [2.05, 4.69) is 21.2 Å². The molecule has 4 rings (SSSR count). The lowest BCUT2D eigenvalue weighted by Crippen LogP contribution is -2.41. The minimum atomic E-state index is -0.103. The fourth-order valence-electron chi connectivity index (χ4n) is 3.60. The molecule has 1 heterocycles. The number of ether oxygens (including phenoxy) is 1. The number of nitrogens with zero attached hydrogens (tertiary/aromatic N) is 1. The average Bonchev–Trinajstić information content (AvgIpc) is 2.81. The lowest BCUT2D eigenvalue weighted by molar-refractivity contribution is -0.121. The maximum Gasteiger partial charge on any atom is 0.253 e. The topological polar surface area (TPSA) is 58.6 Å². The quantitative estimate of drug-likeness (QED) is 0.509. The Balaban J connectivity index is 1.28. The standard InChI is InChI=1S/C25H23BrN2O3/c26-20-8-6-19(7-9-20)25(30)28-16-14-18(15-17-28)24(29)27-21-10-12-23(13-11-21)31-22-4-2-1-3-5-22/h1-13,18H,14-17H2,(H,27,29). The first-order chi connectivity index (χ1) is 15.1. The van der Waals surface area contributed by atoms with Crippen LogP contribution in [0.4, 0.5) is 5.69 Å². The average molecular weight is 479 g/mol. The maximum atomic E-state index is 12.7. The van der Waals surface area contributed by atoms with E-state index in [-0.39, 0.29) is 17.7 Å². The van der Waals surface area contributed by atoms with Crippen molar-refractivity contribution in [1.82, 2.24) is 4.90 Å². The lowest BCUT2D eigenvalue weighted by Gasteiger charge is -2.31. The van der Waals surface area contributed by atoms with Gasteiger partial charge in [-0.2, -0.15) is 0 Å². The molecule has 3 aromatic carbocycles. The summed E-state index contributed by atoms with van der Waals surface area (Å²) in [4.78, 5) is 27.1. The molecule has 1 N–H and O–H groups in total. The van der Waals surface area contributed by atoms with Crippen molar-refractivity contribution in [2.75, 3.05) is 18.4 Å². The third-order valence-electron chi connectivity index (χ3n) is 5.34. The predicted molar refractivity (Wildman–Crippen MR) is 124 cm³/mol. The van der Waals surface area contributed by atoms with E-state index in [9.17, 15) is 9.59 Å². The van der Waals surface area contributed by atoms with Gasteiger partial charge in [-0.15, -0.1) is 0 Å². The first-order valence-electron chi connectivity index (χ1n) is 10.3. The van der Waals surface area contributed by atoms with Gasteiger partial charge in [0.15, 0.2) is 0 Å². The van der Waals surface area contributed by atoms with Crippen molar-refractivity contribution in [2.45, 2.75) is 12.8 Å². The maximum absolute atomic E-state index is 12.7. The number of carbonyl (C=O) groups excluding carboxylic acids is 2. The number of halogens is 1. The molecule has 0 atom stereocenters. The van der Waals surface area contributed by atoms with Crippen LogP contribution in [-0.4, -0.2) is 29.8 Å². The van der Waals surface area contributed by atoms with Crippen molar-refractivity contribution in [1.29, 1.82) is 0 Å². The summed E-state index contributed by atoms with van der Waals surface area (Å²) in [6.07, 6.45) is 1.31. The van der Waals surface area contributed by atoms with Gasteiger partial charge in [-0.3, -0.25) is 9.59 Å². The third kappa shape index (κ3) is 5.52. The molecule has 0 saturated carbocycles. The van der Waals surface area contributed by atoms with Crippen LogP contribution in [-0.2, 0) is 4.79 Å². The normalized spacial score (nSPS) is 14.2. The Morgan fingerprint density at radius 2 is 1.45 bits per heavy atom. The molecular formula is C25H23BrN2O3. The Morgan fingerprint density at radius 1 is 0.839 bits per heavy atom. The van der Waals surface area contributed by atoms with Crippen LogP contribution in [0.3, 0.4) is 0 Å². The molecule has 1 aliphatic heterocycles. The summed E-state index contributed by atoms with van der Waals surface area (Å²) in [7, 11) is 0. The molecule has 2 amide bonds. The summed E-state index contributed by atoms with van der Waals surface area (Å²) in [5, 5.41) is 2.98. The number of anilines is 1. The number of carbonyl (C=O) groups is 2. The summed E-state index contributed by atoms with van der Waals surface area (Å²) >= 11 is 3.38. The van der Waals surface area contributed by atoms with Crippen LogP contribution >= 0.6 is 15.9 Å². The lowest BCUT2D eigenvalue weighted by atomic mass is 9.95. The number of amides is 2. The van der Waals surface area contributed by atoms with Gasteiger partial charge in [0.2, 0.25) is 5.91 Å². The van der Waals surface area contributed by atoms with Gasteiger partial charge in [0.05, 0.1) is 0 Å². The number of hydrogen-bond acceptors (Lipinski definition) is 3. The molecule has 158 valence electrons. The second-order valence-electron chi connectivity index (χ2n) is 7.50. The molecule has 3 aromatic rings. The molecule has 1 aliphatic rings. The van der Waals surface area contributed by atoms with Gasteiger partial charge in [-0.05, 0) is 73.5 Å². The molecular weight excluding hydrogens is 456 g/mol. The van der Waals surface area contributed by atoms with E-state index in [1.54, 1.807) is 0 Å². The van der Waals surface area contributed by atoms with Crippen molar-refractivity contribution in [3.8, 4) is 11.5 Å². The number of benzene rings is 3. The highest BCUT2D eigenvalue weighted by Crippen LogP contribution is 2.25. The first-order valence-corrected chi connectivity index (χ1v) is 11.1. The molecule has 0 aliphatic carbocycles. The largest absolute Gasteiger partial charge is 0.457 e. The molecule has 0 bridgehead atoms. The smallest absolute Gasteiger partial charge is 0.253 e. The van der Waals surface area contributed by atoms with Crippen LogP contribution in [0.5, 0.6) is 11.5 Å². The molecule has 1 fully saturated rings. The van der Waals surface area contributed by atoms with E-state index < -0.39 is 0 Å². The molecule has 5 nitrogen and oxygen atoms in total. The molecule has 0 spiro atoms. The van der Waals surface area contributed by atoms with E-state index in [0.717, 1.165) is 15.9 Å². The Labute approximate surface area is 190 Å². The fourth-order valence-corrected chi connectivity index (χ4v) is 3.86. The highest BCUT2D eigenvalue weighted by molar-refractivity contribution is 9.10. The second kappa shape index (κ2) is 9.79. The summed E-state index contributed by atoms with van der Waals surface area (Å²) in [6, 6.07) is 24.3. The summed E-state index contributed by atoms with van der Waals surface area (Å²) in [6.45, 7) is 1.16. The van der Waals surface area contributed by atoms with Gasteiger partial charge in [0, 0.05) is 34.7 Å². The molecule has 6 heteroatoms. The Hall–Kier alpha value is -3.12. The number of likely N-dealkylation sites (tertiary alicyclic amines) is 1. The highest BCUT2D eigenvalue weighted by atomic mass is 79.9. The van der Waals surface area contributed by atoms with Crippen LogP contribution < -0.4 is 10.1 Å². The highest BCUT2D eigenvalue weighted by Gasteiger charge is 2.27. The van der Waals surface area contributed by atoms with Crippen LogP contribution in [0.2, 0.25) is 0 Å². The van der Waals surface area contributed by atoms with Crippen LogP contribution in [0.15, 0.2) is 83.3 Å². The van der Waals surface area contributed by atoms with Crippen molar-refractivity contribution in [3.05, 3.63) is 88.9 Å². The SMILES string of the molecule is O=C(Nc1ccc(Oc2ccccc2)cc1)C1CCN(C(=O)c2ccc(Br)cc2)CC1. The molecule has 31 heavy (non-hydrogen) atoms. The van der Waals surface area contributed by atoms with E-state index in [1.165, 1.54) is 0 Å². The molecule has 0 radical (unpaired) electrons. The van der Waals surface area contributed by atoms with Crippen LogP contribution in [0.1, 0.15) is 23.2 Å². The summed E-state index contributed by atoms with van der Waals surface area (Å²) in [5.41, 5.74) is 1.41. The Morgan fingerprint density at radius 3 is 2.10 bits per heavy atom. The molecule has 1 saturated heterocycles. The number of rotatable bonds is 5. The van der Waals surface area contributed by atoms with Crippen molar-refractivity contribution in [2.24, 2.45) is 5.92 Å². The number of nitrogens with one attached hydrogen (secondary N) is 1. The zero-order valence-electron chi connectivity index (χ0n) is 17.0. The number of piperidine rings is 1. The van der Waals surface area contributed by atoms with Gasteiger partial charge in [0.1, 0.15) is 11.5 Å². The number of hydrogen-bond donors (Lipinski definition) is 1. The van der Waals surface area contributed by atoms with E-state index in [1.807, 2.05) is 83.8 Å². The Bertz CT molecular complexity index is 1030. The zero-order chi connectivity index (χ0) is 21.6. The van der Waals surface area contributed by atoms with Gasteiger partial charge in [-0.1, -0.05) is 34.1 Å². The van der Waals surface area contributed by atoms with E-state index >= 15 is 0 Å². The summed E-state index contributed by atoms with van der Waals surface area (Å²) in [5.74, 6) is 1.38. The predicted octanol–water partition coefficient (Wildman–Crippen LogP) is 5.73. The van der Waals surface area contributed by atoms with Crippen LogP contribution in [0.25, 0.3) is 0 Å².